The number of aromatic nitrogens is 2. The molecule has 2 aromatic rings. The van der Waals surface area contributed by atoms with E-state index in [4.69, 9.17) is 0 Å². The number of carbonyl (C=O) groups is 1. The number of hydrogen-bond donors (Lipinski definition) is 0. The highest BCUT2D eigenvalue weighted by molar-refractivity contribution is 5.78. The number of nitrogens with zero attached hydrogens (tertiary/aromatic N) is 2. The van der Waals surface area contributed by atoms with Gasteiger partial charge in [-0.3, -0.25) is 9.48 Å². The molecule has 1 unspecified atom stereocenters. The van der Waals surface area contributed by atoms with Crippen molar-refractivity contribution in [3.63, 3.8) is 0 Å². The van der Waals surface area contributed by atoms with Crippen LogP contribution in [0, 0.1) is 0 Å². The van der Waals surface area contributed by atoms with Gasteiger partial charge < -0.3 is 0 Å². The number of hydrogen-bond acceptors (Lipinski definition) is 2. The molecular weight excluding hydrogens is 248 g/mol. The maximum atomic E-state index is 11.3. The van der Waals surface area contributed by atoms with Gasteiger partial charge in [0, 0.05) is 18.2 Å². The lowest BCUT2D eigenvalue weighted by Crippen LogP contribution is -2.23. The Morgan fingerprint density at radius 1 is 1.30 bits per heavy atom. The second kappa shape index (κ2) is 5.23. The van der Waals surface area contributed by atoms with Gasteiger partial charge in [-0.1, -0.05) is 38.1 Å². The molecule has 3 rings (SSSR count). The third kappa shape index (κ3) is 1.98. The maximum absolute atomic E-state index is 11.3. The molecule has 0 bridgehead atoms. The lowest BCUT2D eigenvalue weighted by atomic mass is 9.77. The van der Waals surface area contributed by atoms with Crippen LogP contribution in [0.25, 0.3) is 0 Å². The van der Waals surface area contributed by atoms with E-state index in [1.54, 1.807) is 0 Å². The molecule has 104 valence electrons. The van der Waals surface area contributed by atoms with E-state index in [0.29, 0.717) is 5.92 Å². The summed E-state index contributed by atoms with van der Waals surface area (Å²) in [5.74, 6) is 0.542. The summed E-state index contributed by atoms with van der Waals surface area (Å²) in [5.41, 5.74) is 5.72. The van der Waals surface area contributed by atoms with Crippen LogP contribution >= 0.6 is 0 Å². The molecule has 0 N–H and O–H groups in total. The zero-order valence-corrected chi connectivity index (χ0v) is 12.1. The van der Waals surface area contributed by atoms with Crippen molar-refractivity contribution >= 4 is 6.29 Å². The zero-order chi connectivity index (χ0) is 14.1. The van der Waals surface area contributed by atoms with E-state index in [-0.39, 0.29) is 0 Å². The third-order valence-corrected chi connectivity index (χ3v) is 4.32. The molecule has 0 amide bonds. The van der Waals surface area contributed by atoms with E-state index < -0.39 is 0 Å². The molecule has 1 aromatic heterocycles. The normalized spacial score (nSPS) is 16.6. The second-order valence-corrected chi connectivity index (χ2v) is 5.41. The van der Waals surface area contributed by atoms with Crippen molar-refractivity contribution in [3.05, 3.63) is 52.3 Å². The summed E-state index contributed by atoms with van der Waals surface area (Å²) >= 11 is 0. The molecule has 1 aromatic carbocycles. The molecule has 3 heteroatoms. The number of rotatable bonds is 5. The first-order valence-electron chi connectivity index (χ1n) is 7.40. The molecule has 0 aliphatic heterocycles. The summed E-state index contributed by atoms with van der Waals surface area (Å²) in [7, 11) is 0. The molecule has 20 heavy (non-hydrogen) atoms. The van der Waals surface area contributed by atoms with Crippen molar-refractivity contribution in [1.82, 2.24) is 9.78 Å². The molecule has 0 fully saturated rings. The molecule has 0 radical (unpaired) electrons. The van der Waals surface area contributed by atoms with Crippen LogP contribution in [0.1, 0.15) is 52.6 Å². The van der Waals surface area contributed by atoms with Gasteiger partial charge in [0.2, 0.25) is 0 Å². The van der Waals surface area contributed by atoms with Crippen LogP contribution in [-0.2, 0) is 25.8 Å². The Balaban J connectivity index is 1.89. The fourth-order valence-corrected chi connectivity index (χ4v) is 3.22. The fourth-order valence-electron chi connectivity index (χ4n) is 3.22. The molecule has 1 atom stereocenters. The van der Waals surface area contributed by atoms with Gasteiger partial charge >= 0.3 is 0 Å². The van der Waals surface area contributed by atoms with Gasteiger partial charge in [0.1, 0.15) is 0 Å². The highest BCUT2D eigenvalue weighted by atomic mass is 16.1. The van der Waals surface area contributed by atoms with Crippen LogP contribution in [0.3, 0.4) is 0 Å². The Kier molecular flexibility index (Phi) is 3.43. The number of aldehydes is 1. The minimum absolute atomic E-state index is 0.542. The zero-order valence-electron chi connectivity index (χ0n) is 12.1. The molecule has 1 aliphatic carbocycles. The summed E-state index contributed by atoms with van der Waals surface area (Å²) in [6.07, 6.45) is 3.76. The highest BCUT2D eigenvalue weighted by Gasteiger charge is 2.27. The molecular formula is C17H20N2O. The van der Waals surface area contributed by atoms with Crippen LogP contribution < -0.4 is 0 Å². The summed E-state index contributed by atoms with van der Waals surface area (Å²) in [4.78, 5) is 11.3. The average Bonchev–Trinajstić information content (AvgIpc) is 2.81. The fraction of sp³-hybridized carbons (Fsp3) is 0.412. The molecule has 3 nitrogen and oxygen atoms in total. The SMILES string of the molecule is CCc1nn(CC2Cc3ccccc32)c(CC)c1C=O. The third-order valence-electron chi connectivity index (χ3n) is 4.32. The van der Waals surface area contributed by atoms with Crippen LogP contribution in [0.4, 0.5) is 0 Å². The summed E-state index contributed by atoms with van der Waals surface area (Å²) in [5, 5.41) is 4.65. The number of carbonyl (C=O) groups excluding carboxylic acids is 1. The lowest BCUT2D eigenvalue weighted by molar-refractivity contribution is 0.112. The van der Waals surface area contributed by atoms with E-state index in [2.05, 4.69) is 47.9 Å². The highest BCUT2D eigenvalue weighted by Crippen LogP contribution is 2.36. The van der Waals surface area contributed by atoms with Crippen molar-refractivity contribution in [3.8, 4) is 0 Å². The smallest absolute Gasteiger partial charge is 0.153 e. The van der Waals surface area contributed by atoms with Gasteiger partial charge in [-0.15, -0.1) is 0 Å². The first kappa shape index (κ1) is 13.1. The predicted octanol–water partition coefficient (Wildman–Crippen LogP) is 3.16. The lowest BCUT2D eigenvalue weighted by Gasteiger charge is -2.30. The molecule has 0 spiro atoms. The van der Waals surface area contributed by atoms with Crippen molar-refractivity contribution in [1.29, 1.82) is 0 Å². The summed E-state index contributed by atoms with van der Waals surface area (Å²) in [6.45, 7) is 5.04. The van der Waals surface area contributed by atoms with Crippen LogP contribution in [0.15, 0.2) is 24.3 Å². The average molecular weight is 268 g/mol. The van der Waals surface area contributed by atoms with Gasteiger partial charge in [0.15, 0.2) is 6.29 Å². The van der Waals surface area contributed by atoms with E-state index in [9.17, 15) is 4.79 Å². The van der Waals surface area contributed by atoms with Crippen molar-refractivity contribution < 1.29 is 4.79 Å². The Morgan fingerprint density at radius 3 is 2.75 bits per heavy atom. The molecule has 1 aliphatic rings. The van der Waals surface area contributed by atoms with Gasteiger partial charge in [-0.2, -0.15) is 5.10 Å². The first-order valence-corrected chi connectivity index (χ1v) is 7.40. The van der Waals surface area contributed by atoms with E-state index in [0.717, 1.165) is 49.0 Å². The topological polar surface area (TPSA) is 34.9 Å². The van der Waals surface area contributed by atoms with Crippen molar-refractivity contribution in [2.75, 3.05) is 0 Å². The quantitative estimate of drug-likeness (QED) is 0.781. The standard InChI is InChI=1S/C17H20N2O/c1-3-16-15(11-20)17(4-2)19(18-16)10-13-9-12-7-5-6-8-14(12)13/h5-8,11,13H,3-4,9-10H2,1-2H3. The van der Waals surface area contributed by atoms with Crippen LogP contribution in [0.2, 0.25) is 0 Å². The van der Waals surface area contributed by atoms with Crippen molar-refractivity contribution in [2.45, 2.75) is 45.6 Å². The molecule has 0 saturated heterocycles. The minimum Gasteiger partial charge on any atom is -0.298 e. The Morgan fingerprint density at radius 2 is 2.10 bits per heavy atom. The second-order valence-electron chi connectivity index (χ2n) is 5.41. The van der Waals surface area contributed by atoms with Gasteiger partial charge in [-0.25, -0.2) is 0 Å². The number of benzene rings is 1. The van der Waals surface area contributed by atoms with Gasteiger partial charge in [-0.05, 0) is 30.4 Å². The van der Waals surface area contributed by atoms with E-state index >= 15 is 0 Å². The largest absolute Gasteiger partial charge is 0.298 e. The maximum Gasteiger partial charge on any atom is 0.153 e. The Bertz CT molecular complexity index is 642. The molecule has 1 heterocycles. The monoisotopic (exact) mass is 268 g/mol. The summed E-state index contributed by atoms with van der Waals surface area (Å²) < 4.78 is 2.06. The van der Waals surface area contributed by atoms with Crippen LogP contribution in [-0.4, -0.2) is 16.1 Å². The Labute approximate surface area is 119 Å². The van der Waals surface area contributed by atoms with E-state index in [1.165, 1.54) is 11.1 Å². The predicted molar refractivity (Wildman–Crippen MR) is 79.3 cm³/mol. The van der Waals surface area contributed by atoms with Crippen LogP contribution in [0.5, 0.6) is 0 Å². The first-order chi connectivity index (χ1) is 9.78. The Hall–Kier alpha value is -1.90. The number of fused-ring (bicyclic) bond motifs is 1. The van der Waals surface area contributed by atoms with Crippen molar-refractivity contribution in [2.24, 2.45) is 0 Å². The molecule has 0 saturated carbocycles. The summed E-state index contributed by atoms with van der Waals surface area (Å²) in [6, 6.07) is 8.60. The van der Waals surface area contributed by atoms with E-state index in [1.807, 2.05) is 0 Å². The van der Waals surface area contributed by atoms with Gasteiger partial charge in [0.25, 0.3) is 0 Å². The van der Waals surface area contributed by atoms with Gasteiger partial charge in [0.05, 0.1) is 11.3 Å². The minimum atomic E-state index is 0.542. The number of aryl methyl sites for hydroxylation is 1.